The van der Waals surface area contributed by atoms with Crippen molar-refractivity contribution in [2.45, 2.75) is 44.7 Å². The van der Waals surface area contributed by atoms with Gasteiger partial charge < -0.3 is 10.6 Å². The van der Waals surface area contributed by atoms with Gasteiger partial charge in [-0.15, -0.1) is 0 Å². The summed E-state index contributed by atoms with van der Waals surface area (Å²) in [6.07, 6.45) is 3.77. The van der Waals surface area contributed by atoms with E-state index in [9.17, 15) is 0 Å². The van der Waals surface area contributed by atoms with E-state index in [1.54, 1.807) is 0 Å². The average Bonchev–Trinajstić information content (AvgIpc) is 1.82. The Kier molecular flexibility index (Phi) is 2.55. The Hall–Kier alpha value is -0.0800. The molecule has 1 aliphatic heterocycles. The van der Waals surface area contributed by atoms with Crippen molar-refractivity contribution in [1.82, 2.24) is 4.90 Å². The van der Waals surface area contributed by atoms with Crippen LogP contribution in [0.25, 0.3) is 0 Å². The minimum atomic E-state index is 0.0242. The van der Waals surface area contributed by atoms with Gasteiger partial charge in [-0.3, -0.25) is 0 Å². The van der Waals surface area contributed by atoms with E-state index in [1.807, 2.05) is 0 Å². The molecule has 1 fully saturated rings. The third-order valence-electron chi connectivity index (χ3n) is 2.56. The normalized spacial score (nSPS) is 26.7. The van der Waals surface area contributed by atoms with Crippen molar-refractivity contribution >= 4 is 0 Å². The van der Waals surface area contributed by atoms with E-state index in [-0.39, 0.29) is 5.54 Å². The number of hydrogen-bond donors (Lipinski definition) is 1. The van der Waals surface area contributed by atoms with Crippen LogP contribution in [0.2, 0.25) is 0 Å². The van der Waals surface area contributed by atoms with Crippen LogP contribution in [0, 0.1) is 0 Å². The zero-order valence-electron chi connectivity index (χ0n) is 7.93. The van der Waals surface area contributed by atoms with E-state index < -0.39 is 0 Å². The topological polar surface area (TPSA) is 29.3 Å². The van der Waals surface area contributed by atoms with E-state index in [4.69, 9.17) is 5.73 Å². The molecule has 1 unspecified atom stereocenters. The summed E-state index contributed by atoms with van der Waals surface area (Å²) in [6, 6.07) is 0.817. The molecular weight excluding hydrogens is 136 g/mol. The number of nitrogens with two attached hydrogens (primary N) is 1. The molecule has 2 heteroatoms. The maximum Gasteiger partial charge on any atom is 0.0105 e. The SMILES string of the molecule is CN1CCC1CCC(C)(C)N. The fourth-order valence-electron chi connectivity index (χ4n) is 1.47. The van der Waals surface area contributed by atoms with Crippen LogP contribution in [-0.4, -0.2) is 30.1 Å². The number of nitrogens with zero attached hydrogens (tertiary/aromatic N) is 1. The minimum absolute atomic E-state index is 0.0242. The zero-order chi connectivity index (χ0) is 8.48. The smallest absolute Gasteiger partial charge is 0.0105 e. The summed E-state index contributed by atoms with van der Waals surface area (Å²) < 4.78 is 0. The molecule has 1 rings (SSSR count). The fraction of sp³-hybridized carbons (Fsp3) is 1.00. The second-order valence-electron chi connectivity index (χ2n) is 4.45. The van der Waals surface area contributed by atoms with Gasteiger partial charge in [-0.1, -0.05) is 0 Å². The maximum atomic E-state index is 5.89. The monoisotopic (exact) mass is 156 g/mol. The summed E-state index contributed by atoms with van der Waals surface area (Å²) in [5, 5.41) is 0. The summed E-state index contributed by atoms with van der Waals surface area (Å²) in [6.45, 7) is 5.48. The van der Waals surface area contributed by atoms with E-state index >= 15 is 0 Å². The second-order valence-corrected chi connectivity index (χ2v) is 4.45. The van der Waals surface area contributed by atoms with Crippen molar-refractivity contribution in [1.29, 1.82) is 0 Å². The van der Waals surface area contributed by atoms with Crippen molar-refractivity contribution in [2.24, 2.45) is 5.73 Å². The molecule has 0 bridgehead atoms. The highest BCUT2D eigenvalue weighted by atomic mass is 15.2. The van der Waals surface area contributed by atoms with Crippen molar-refractivity contribution in [2.75, 3.05) is 13.6 Å². The predicted molar refractivity (Wildman–Crippen MR) is 48.5 cm³/mol. The molecular formula is C9H20N2. The Morgan fingerprint density at radius 1 is 1.55 bits per heavy atom. The summed E-state index contributed by atoms with van der Waals surface area (Å²) in [5.41, 5.74) is 5.91. The largest absolute Gasteiger partial charge is 0.326 e. The van der Waals surface area contributed by atoms with Gasteiger partial charge in [-0.25, -0.2) is 0 Å². The lowest BCUT2D eigenvalue weighted by atomic mass is 9.91. The molecule has 0 aromatic rings. The van der Waals surface area contributed by atoms with Crippen LogP contribution in [0.5, 0.6) is 0 Å². The van der Waals surface area contributed by atoms with Crippen LogP contribution in [0.3, 0.4) is 0 Å². The maximum absolute atomic E-state index is 5.89. The van der Waals surface area contributed by atoms with Crippen molar-refractivity contribution in [3.63, 3.8) is 0 Å². The lowest BCUT2D eigenvalue weighted by Crippen LogP contribution is -2.46. The summed E-state index contributed by atoms with van der Waals surface area (Å²) in [5.74, 6) is 0. The molecule has 0 aromatic heterocycles. The van der Waals surface area contributed by atoms with Gasteiger partial charge in [0.1, 0.15) is 0 Å². The Bertz CT molecular complexity index is 126. The van der Waals surface area contributed by atoms with Crippen LogP contribution < -0.4 is 5.73 Å². The van der Waals surface area contributed by atoms with Crippen LogP contribution in [0.4, 0.5) is 0 Å². The molecule has 11 heavy (non-hydrogen) atoms. The average molecular weight is 156 g/mol. The van der Waals surface area contributed by atoms with Gasteiger partial charge in [0, 0.05) is 11.6 Å². The Morgan fingerprint density at radius 3 is 2.45 bits per heavy atom. The minimum Gasteiger partial charge on any atom is -0.326 e. The first-order valence-corrected chi connectivity index (χ1v) is 4.48. The molecule has 0 amide bonds. The first-order valence-electron chi connectivity index (χ1n) is 4.48. The molecule has 0 saturated carbocycles. The van der Waals surface area contributed by atoms with Gasteiger partial charge in [0.05, 0.1) is 0 Å². The quantitative estimate of drug-likeness (QED) is 0.665. The first-order chi connectivity index (χ1) is 4.99. The first kappa shape index (κ1) is 9.01. The van der Waals surface area contributed by atoms with E-state index in [2.05, 4.69) is 25.8 Å². The molecule has 1 heterocycles. The van der Waals surface area contributed by atoms with E-state index in [0.717, 1.165) is 12.5 Å². The van der Waals surface area contributed by atoms with Crippen LogP contribution in [0.1, 0.15) is 33.1 Å². The van der Waals surface area contributed by atoms with Gasteiger partial charge >= 0.3 is 0 Å². The van der Waals surface area contributed by atoms with Crippen molar-refractivity contribution in [3.05, 3.63) is 0 Å². The molecule has 66 valence electrons. The third kappa shape index (κ3) is 2.80. The fourth-order valence-corrected chi connectivity index (χ4v) is 1.47. The summed E-state index contributed by atoms with van der Waals surface area (Å²) in [4.78, 5) is 2.41. The highest BCUT2D eigenvalue weighted by Gasteiger charge is 2.25. The number of likely N-dealkylation sites (tertiary alicyclic amines) is 1. The van der Waals surface area contributed by atoms with Gasteiger partial charge in [-0.05, 0) is 46.7 Å². The number of rotatable bonds is 3. The molecule has 1 atom stereocenters. The Morgan fingerprint density at radius 2 is 2.18 bits per heavy atom. The van der Waals surface area contributed by atoms with Crippen LogP contribution in [-0.2, 0) is 0 Å². The van der Waals surface area contributed by atoms with Gasteiger partial charge in [0.25, 0.3) is 0 Å². The third-order valence-corrected chi connectivity index (χ3v) is 2.56. The molecule has 2 nitrogen and oxygen atoms in total. The standard InChI is InChI=1S/C9H20N2/c1-9(2,10)6-4-8-5-7-11(8)3/h8H,4-7,10H2,1-3H3. The molecule has 2 N–H and O–H groups in total. The molecule has 0 spiro atoms. The van der Waals surface area contributed by atoms with Gasteiger partial charge in [0.2, 0.25) is 0 Å². The van der Waals surface area contributed by atoms with Crippen LogP contribution in [0.15, 0.2) is 0 Å². The van der Waals surface area contributed by atoms with Gasteiger partial charge in [-0.2, -0.15) is 0 Å². The Labute approximate surface area is 69.8 Å². The highest BCUT2D eigenvalue weighted by molar-refractivity contribution is 4.83. The molecule has 0 aliphatic carbocycles. The zero-order valence-corrected chi connectivity index (χ0v) is 7.93. The number of hydrogen-bond acceptors (Lipinski definition) is 2. The lowest BCUT2D eigenvalue weighted by Gasteiger charge is -2.39. The summed E-state index contributed by atoms with van der Waals surface area (Å²) >= 11 is 0. The van der Waals surface area contributed by atoms with E-state index in [1.165, 1.54) is 19.4 Å². The van der Waals surface area contributed by atoms with Crippen molar-refractivity contribution < 1.29 is 0 Å². The van der Waals surface area contributed by atoms with E-state index in [0.29, 0.717) is 0 Å². The second kappa shape index (κ2) is 3.11. The van der Waals surface area contributed by atoms with Crippen LogP contribution >= 0.6 is 0 Å². The van der Waals surface area contributed by atoms with Crippen molar-refractivity contribution in [3.8, 4) is 0 Å². The molecule has 1 saturated heterocycles. The molecule has 1 aliphatic rings. The Balaban J connectivity index is 2.12. The lowest BCUT2D eigenvalue weighted by molar-refractivity contribution is 0.111. The summed E-state index contributed by atoms with van der Waals surface area (Å²) in [7, 11) is 2.19. The molecule has 0 aromatic carbocycles. The van der Waals surface area contributed by atoms with Gasteiger partial charge in [0.15, 0.2) is 0 Å². The molecule has 0 radical (unpaired) electrons. The predicted octanol–water partition coefficient (Wildman–Crippen LogP) is 1.21. The highest BCUT2D eigenvalue weighted by Crippen LogP contribution is 2.21.